The van der Waals surface area contributed by atoms with Crippen LogP contribution in [0.25, 0.3) is 11.4 Å². The lowest BCUT2D eigenvalue weighted by molar-refractivity contribution is -0.120. The molecule has 0 spiro atoms. The summed E-state index contributed by atoms with van der Waals surface area (Å²) in [5.74, 6) is 2.17. The van der Waals surface area contributed by atoms with Crippen molar-refractivity contribution in [1.82, 2.24) is 20.1 Å². The zero-order valence-corrected chi connectivity index (χ0v) is 17.3. The second-order valence-electron chi connectivity index (χ2n) is 6.85. The summed E-state index contributed by atoms with van der Waals surface area (Å²) in [5.41, 5.74) is 3.13. The van der Waals surface area contributed by atoms with Crippen LogP contribution in [-0.4, -0.2) is 32.7 Å². The maximum Gasteiger partial charge on any atom is 0.233 e. The number of benzene rings is 2. The fourth-order valence-corrected chi connectivity index (χ4v) is 3.91. The molecular weight excluding hydrogens is 388 g/mol. The van der Waals surface area contributed by atoms with Gasteiger partial charge >= 0.3 is 0 Å². The van der Waals surface area contributed by atoms with Crippen LogP contribution in [-0.2, 0) is 18.4 Å². The zero-order valence-electron chi connectivity index (χ0n) is 16.5. The molecule has 0 radical (unpaired) electrons. The molecule has 1 amide bonds. The third-order valence-electron chi connectivity index (χ3n) is 4.78. The Kier molecular flexibility index (Phi) is 5.44. The van der Waals surface area contributed by atoms with E-state index in [1.54, 1.807) is 0 Å². The van der Waals surface area contributed by atoms with E-state index in [1.807, 2.05) is 67.9 Å². The van der Waals surface area contributed by atoms with Crippen LogP contribution in [0.2, 0.25) is 0 Å². The van der Waals surface area contributed by atoms with Crippen molar-refractivity contribution in [3.05, 3.63) is 53.6 Å². The topological polar surface area (TPSA) is 78.3 Å². The number of hydrogen-bond donors (Lipinski definition) is 1. The van der Waals surface area contributed by atoms with Crippen molar-refractivity contribution in [3.8, 4) is 22.9 Å². The van der Waals surface area contributed by atoms with Gasteiger partial charge in [-0.1, -0.05) is 42.1 Å². The Bertz CT molecular complexity index is 1050. The summed E-state index contributed by atoms with van der Waals surface area (Å²) in [7, 11) is 1.92. The first kappa shape index (κ1) is 19.3. The summed E-state index contributed by atoms with van der Waals surface area (Å²) in [6.07, 6.45) is 0. The highest BCUT2D eigenvalue weighted by atomic mass is 32.2. The van der Waals surface area contributed by atoms with Gasteiger partial charge in [-0.15, -0.1) is 10.2 Å². The number of fused-ring (bicyclic) bond motifs is 1. The van der Waals surface area contributed by atoms with Gasteiger partial charge in [0.15, 0.2) is 22.5 Å². The number of nitrogens with zero attached hydrogens (tertiary/aromatic N) is 3. The molecule has 29 heavy (non-hydrogen) atoms. The van der Waals surface area contributed by atoms with Gasteiger partial charge in [-0.3, -0.25) is 4.79 Å². The van der Waals surface area contributed by atoms with Gasteiger partial charge in [0.2, 0.25) is 12.7 Å². The average molecular weight is 410 g/mol. The van der Waals surface area contributed by atoms with E-state index in [0.29, 0.717) is 17.5 Å². The van der Waals surface area contributed by atoms with Crippen LogP contribution >= 0.6 is 11.8 Å². The predicted octanol–water partition coefficient (Wildman–Crippen LogP) is 3.32. The molecule has 0 unspecified atom stereocenters. The first-order chi connectivity index (χ1) is 14.0. The number of rotatable bonds is 6. The molecule has 8 heteroatoms. The summed E-state index contributed by atoms with van der Waals surface area (Å²) in [4.78, 5) is 12.6. The highest BCUT2D eigenvalue weighted by Crippen LogP contribution is 2.32. The van der Waals surface area contributed by atoms with Crippen molar-refractivity contribution in [2.24, 2.45) is 7.05 Å². The molecule has 1 N–H and O–H groups in total. The Labute approximate surface area is 173 Å². The maximum absolute atomic E-state index is 12.6. The summed E-state index contributed by atoms with van der Waals surface area (Å²) in [5, 5.41) is 12.0. The number of thioether (sulfide) groups is 1. The molecule has 2 aromatic carbocycles. The fraction of sp³-hybridized carbons (Fsp3) is 0.286. The Morgan fingerprint density at radius 3 is 2.83 bits per heavy atom. The van der Waals surface area contributed by atoms with Crippen molar-refractivity contribution < 1.29 is 14.3 Å². The Morgan fingerprint density at radius 2 is 2.00 bits per heavy atom. The maximum atomic E-state index is 12.6. The molecule has 1 aliphatic heterocycles. The lowest BCUT2D eigenvalue weighted by atomic mass is 10.1. The lowest BCUT2D eigenvalue weighted by Crippen LogP contribution is -2.30. The molecule has 0 bridgehead atoms. The molecule has 150 valence electrons. The SMILES string of the molecule is Cc1ccccc1-c1nnc(S[C@@H](C)C(=O)NCc2ccc3c(c2)OCO3)n1C. The predicted molar refractivity (Wildman–Crippen MR) is 111 cm³/mol. The Hall–Kier alpha value is -3.00. The molecule has 7 nitrogen and oxygen atoms in total. The van der Waals surface area contributed by atoms with Crippen LogP contribution in [0, 0.1) is 6.92 Å². The van der Waals surface area contributed by atoms with E-state index in [9.17, 15) is 4.79 Å². The minimum atomic E-state index is -0.309. The highest BCUT2D eigenvalue weighted by molar-refractivity contribution is 8.00. The highest BCUT2D eigenvalue weighted by Gasteiger charge is 2.20. The Balaban J connectivity index is 1.38. The van der Waals surface area contributed by atoms with Crippen molar-refractivity contribution in [1.29, 1.82) is 0 Å². The molecule has 1 aliphatic rings. The van der Waals surface area contributed by atoms with Crippen molar-refractivity contribution >= 4 is 17.7 Å². The normalized spacial score (nSPS) is 13.3. The summed E-state index contributed by atoms with van der Waals surface area (Å²) >= 11 is 1.39. The number of aryl methyl sites for hydroxylation is 1. The van der Waals surface area contributed by atoms with E-state index < -0.39 is 0 Å². The van der Waals surface area contributed by atoms with Crippen LogP contribution in [0.5, 0.6) is 11.5 Å². The van der Waals surface area contributed by atoms with E-state index in [4.69, 9.17) is 9.47 Å². The van der Waals surface area contributed by atoms with Gasteiger partial charge in [-0.2, -0.15) is 0 Å². The van der Waals surface area contributed by atoms with E-state index in [0.717, 1.165) is 28.3 Å². The van der Waals surface area contributed by atoms with Gasteiger partial charge in [0.1, 0.15) is 0 Å². The van der Waals surface area contributed by atoms with Crippen molar-refractivity contribution in [2.75, 3.05) is 6.79 Å². The van der Waals surface area contributed by atoms with Crippen LogP contribution in [0.1, 0.15) is 18.1 Å². The fourth-order valence-electron chi connectivity index (χ4n) is 3.07. The van der Waals surface area contributed by atoms with Crippen LogP contribution in [0.3, 0.4) is 0 Å². The van der Waals surface area contributed by atoms with E-state index in [2.05, 4.69) is 15.5 Å². The summed E-state index contributed by atoms with van der Waals surface area (Å²) in [6, 6.07) is 13.7. The second-order valence-corrected chi connectivity index (χ2v) is 8.15. The smallest absolute Gasteiger partial charge is 0.233 e. The average Bonchev–Trinajstić information content (AvgIpc) is 3.33. The van der Waals surface area contributed by atoms with Crippen LogP contribution in [0.4, 0.5) is 0 Å². The molecule has 0 fully saturated rings. The third kappa shape index (κ3) is 4.07. The van der Waals surface area contributed by atoms with Crippen LogP contribution < -0.4 is 14.8 Å². The second kappa shape index (κ2) is 8.16. The largest absolute Gasteiger partial charge is 0.454 e. The number of hydrogen-bond acceptors (Lipinski definition) is 6. The minimum absolute atomic E-state index is 0.0619. The lowest BCUT2D eigenvalue weighted by Gasteiger charge is -2.12. The molecular formula is C21H22N4O3S. The van der Waals surface area contributed by atoms with Gasteiger partial charge < -0.3 is 19.4 Å². The minimum Gasteiger partial charge on any atom is -0.454 e. The van der Waals surface area contributed by atoms with Gasteiger partial charge in [0.25, 0.3) is 0 Å². The zero-order chi connectivity index (χ0) is 20.4. The van der Waals surface area contributed by atoms with Crippen molar-refractivity contribution in [3.63, 3.8) is 0 Å². The first-order valence-corrected chi connectivity index (χ1v) is 10.2. The van der Waals surface area contributed by atoms with Crippen molar-refractivity contribution in [2.45, 2.75) is 30.8 Å². The quantitative estimate of drug-likeness (QED) is 0.628. The van der Waals surface area contributed by atoms with Gasteiger partial charge in [0, 0.05) is 19.2 Å². The van der Waals surface area contributed by atoms with Gasteiger partial charge in [-0.25, -0.2) is 0 Å². The molecule has 0 saturated heterocycles. The van der Waals surface area contributed by atoms with Crippen LogP contribution in [0.15, 0.2) is 47.6 Å². The molecule has 0 saturated carbocycles. The first-order valence-electron chi connectivity index (χ1n) is 9.31. The summed E-state index contributed by atoms with van der Waals surface area (Å²) < 4.78 is 12.6. The monoisotopic (exact) mass is 410 g/mol. The number of nitrogens with one attached hydrogen (secondary N) is 1. The molecule has 1 atom stereocenters. The molecule has 2 heterocycles. The molecule has 1 aromatic heterocycles. The standard InChI is InChI=1S/C21H22N4O3S/c1-13-6-4-5-7-16(13)19-23-24-21(25(19)3)29-14(2)20(26)22-11-15-8-9-17-18(10-15)28-12-27-17/h4-10,14H,11-12H2,1-3H3,(H,22,26)/t14-/m0/s1. The summed E-state index contributed by atoms with van der Waals surface area (Å²) in [6.45, 7) is 4.57. The van der Waals surface area contributed by atoms with E-state index in [1.165, 1.54) is 11.8 Å². The van der Waals surface area contributed by atoms with E-state index in [-0.39, 0.29) is 18.0 Å². The third-order valence-corrected chi connectivity index (χ3v) is 5.91. The number of aromatic nitrogens is 3. The Morgan fingerprint density at radius 1 is 1.21 bits per heavy atom. The van der Waals surface area contributed by atoms with E-state index >= 15 is 0 Å². The number of amides is 1. The molecule has 4 rings (SSSR count). The number of carbonyl (C=O) groups excluding carboxylic acids is 1. The number of carbonyl (C=O) groups is 1. The van der Waals surface area contributed by atoms with Gasteiger partial charge in [-0.05, 0) is 37.1 Å². The molecule has 3 aromatic rings. The van der Waals surface area contributed by atoms with Gasteiger partial charge in [0.05, 0.1) is 5.25 Å². The molecule has 0 aliphatic carbocycles. The number of ether oxygens (including phenoxy) is 2.